The molecule has 3 heteroatoms. The van der Waals surface area contributed by atoms with Gasteiger partial charge in [0.15, 0.2) is 0 Å². The zero-order valence-corrected chi connectivity index (χ0v) is 17.8. The van der Waals surface area contributed by atoms with Crippen molar-refractivity contribution in [3.05, 3.63) is 70.8 Å². The summed E-state index contributed by atoms with van der Waals surface area (Å²) >= 11 is 0. The zero-order valence-electron chi connectivity index (χ0n) is 17.8. The molecule has 3 nitrogen and oxygen atoms in total. The highest BCUT2D eigenvalue weighted by atomic mass is 16.5. The summed E-state index contributed by atoms with van der Waals surface area (Å²) in [6, 6.07) is 14.5. The molecule has 2 aromatic carbocycles. The van der Waals surface area contributed by atoms with Gasteiger partial charge in [0.25, 0.3) is 0 Å². The van der Waals surface area contributed by atoms with Crippen LogP contribution < -0.4 is 10.1 Å². The van der Waals surface area contributed by atoms with E-state index in [1.165, 1.54) is 5.56 Å². The van der Waals surface area contributed by atoms with Crippen LogP contribution in [-0.4, -0.2) is 11.5 Å². The lowest BCUT2D eigenvalue weighted by Gasteiger charge is -2.38. The second kappa shape index (κ2) is 7.46. The number of nitrogens with one attached hydrogen (secondary N) is 1. The minimum absolute atomic E-state index is 0.0558. The van der Waals surface area contributed by atoms with Crippen molar-refractivity contribution in [3.63, 3.8) is 0 Å². The van der Waals surface area contributed by atoms with Gasteiger partial charge in [0.05, 0.1) is 6.04 Å². The summed E-state index contributed by atoms with van der Waals surface area (Å²) in [7, 11) is 0. The van der Waals surface area contributed by atoms with E-state index in [9.17, 15) is 4.79 Å². The Balaban J connectivity index is 1.72. The van der Waals surface area contributed by atoms with Gasteiger partial charge in [-0.15, -0.1) is 0 Å². The van der Waals surface area contributed by atoms with Gasteiger partial charge >= 0.3 is 0 Å². The van der Waals surface area contributed by atoms with Crippen LogP contribution in [0.4, 0.5) is 0 Å². The quantitative estimate of drug-likeness (QED) is 0.694. The van der Waals surface area contributed by atoms with Crippen molar-refractivity contribution in [2.24, 2.45) is 0 Å². The molecule has 3 rings (SSSR count). The molecular formula is C25H31NO2. The lowest BCUT2D eigenvalue weighted by molar-refractivity contribution is -0.117. The van der Waals surface area contributed by atoms with Crippen LogP contribution in [-0.2, 0) is 10.2 Å². The van der Waals surface area contributed by atoms with Crippen molar-refractivity contribution in [2.75, 3.05) is 0 Å². The molecule has 1 aliphatic heterocycles. The predicted molar refractivity (Wildman–Crippen MR) is 116 cm³/mol. The van der Waals surface area contributed by atoms with Crippen molar-refractivity contribution < 1.29 is 9.53 Å². The minimum Gasteiger partial charge on any atom is -0.487 e. The van der Waals surface area contributed by atoms with E-state index in [0.717, 1.165) is 28.9 Å². The largest absolute Gasteiger partial charge is 0.487 e. The molecule has 2 aromatic rings. The highest BCUT2D eigenvalue weighted by molar-refractivity contribution is 5.92. The van der Waals surface area contributed by atoms with E-state index in [2.05, 4.69) is 76.3 Å². The Bertz CT molecular complexity index is 886. The van der Waals surface area contributed by atoms with Crippen molar-refractivity contribution in [1.82, 2.24) is 5.32 Å². The molecule has 0 aromatic heterocycles. The number of fused-ring (bicyclic) bond motifs is 1. The van der Waals surface area contributed by atoms with Crippen LogP contribution >= 0.6 is 0 Å². The average molecular weight is 378 g/mol. The average Bonchev–Trinajstić information content (AvgIpc) is 2.58. The van der Waals surface area contributed by atoms with Crippen molar-refractivity contribution in [1.29, 1.82) is 0 Å². The van der Waals surface area contributed by atoms with E-state index >= 15 is 0 Å². The first-order valence-corrected chi connectivity index (χ1v) is 9.92. The van der Waals surface area contributed by atoms with Gasteiger partial charge in [0, 0.05) is 18.1 Å². The molecule has 1 atom stereocenters. The molecule has 0 spiro atoms. The Kier molecular flexibility index (Phi) is 5.38. The second-order valence-electron chi connectivity index (χ2n) is 9.37. The van der Waals surface area contributed by atoms with Gasteiger partial charge in [-0.05, 0) is 55.0 Å². The number of carbonyl (C=O) groups excluding carboxylic acids is 1. The standard InChI is InChI=1S/C25H31NO2/c1-17-7-13-20-21(16-25(5,6)28-22(20)15-17)26-23(27)14-10-18-8-11-19(12-9-18)24(2,3)4/h7-15,21H,16H2,1-6H3,(H,26,27)/b14-10+/t21-/m1/s1. The molecule has 0 saturated carbocycles. The van der Waals surface area contributed by atoms with Crippen LogP contribution in [0.25, 0.3) is 6.08 Å². The number of carbonyl (C=O) groups is 1. The highest BCUT2D eigenvalue weighted by Crippen LogP contribution is 2.39. The zero-order chi connectivity index (χ0) is 20.5. The number of ether oxygens (including phenoxy) is 1. The molecule has 0 bridgehead atoms. The Morgan fingerprint density at radius 3 is 2.46 bits per heavy atom. The summed E-state index contributed by atoms with van der Waals surface area (Å²) in [5.74, 6) is 0.775. The third-order valence-corrected chi connectivity index (χ3v) is 5.15. The van der Waals surface area contributed by atoms with Crippen LogP contribution in [0.3, 0.4) is 0 Å². The van der Waals surface area contributed by atoms with Crippen molar-refractivity contribution >= 4 is 12.0 Å². The van der Waals surface area contributed by atoms with Crippen LogP contribution in [0.2, 0.25) is 0 Å². The maximum absolute atomic E-state index is 12.6. The first-order valence-electron chi connectivity index (χ1n) is 9.92. The first kappa shape index (κ1) is 20.2. The van der Waals surface area contributed by atoms with Gasteiger partial charge in [-0.2, -0.15) is 0 Å². The van der Waals surface area contributed by atoms with Gasteiger partial charge in [0.1, 0.15) is 11.4 Å². The molecule has 1 amide bonds. The third kappa shape index (κ3) is 4.83. The number of aryl methyl sites for hydroxylation is 1. The van der Waals surface area contributed by atoms with Crippen LogP contribution in [0.1, 0.15) is 69.3 Å². The number of amides is 1. The Labute approximate surface area is 168 Å². The van der Waals surface area contributed by atoms with Gasteiger partial charge in [-0.3, -0.25) is 4.79 Å². The molecule has 1 aliphatic rings. The Morgan fingerprint density at radius 2 is 1.82 bits per heavy atom. The fraction of sp³-hybridized carbons (Fsp3) is 0.400. The lowest BCUT2D eigenvalue weighted by Crippen LogP contribution is -2.40. The van der Waals surface area contributed by atoms with E-state index in [1.54, 1.807) is 6.08 Å². The predicted octanol–water partition coefficient (Wildman–Crippen LogP) is 5.72. The normalized spacial score (nSPS) is 18.4. The molecule has 148 valence electrons. The first-order chi connectivity index (χ1) is 13.0. The number of hydrogen-bond acceptors (Lipinski definition) is 2. The SMILES string of the molecule is Cc1ccc2c(c1)OC(C)(C)C[C@H]2NC(=O)/C=C/c1ccc(C(C)(C)C)cc1. The number of rotatable bonds is 3. The summed E-state index contributed by atoms with van der Waals surface area (Å²) in [5.41, 5.74) is 4.31. The van der Waals surface area contributed by atoms with Crippen LogP contribution in [0, 0.1) is 6.92 Å². The second-order valence-corrected chi connectivity index (χ2v) is 9.37. The number of benzene rings is 2. The minimum atomic E-state index is -0.314. The smallest absolute Gasteiger partial charge is 0.244 e. The van der Waals surface area contributed by atoms with E-state index in [0.29, 0.717) is 0 Å². The Morgan fingerprint density at radius 1 is 1.14 bits per heavy atom. The maximum Gasteiger partial charge on any atom is 0.244 e. The molecule has 1 heterocycles. The van der Waals surface area contributed by atoms with E-state index in [-0.39, 0.29) is 23.0 Å². The summed E-state index contributed by atoms with van der Waals surface area (Å²) in [5, 5.41) is 3.15. The molecule has 0 unspecified atom stereocenters. The monoisotopic (exact) mass is 377 g/mol. The molecule has 1 N–H and O–H groups in total. The fourth-order valence-corrected chi connectivity index (χ4v) is 3.57. The van der Waals surface area contributed by atoms with Gasteiger partial charge in [0.2, 0.25) is 5.91 Å². The maximum atomic E-state index is 12.6. The van der Waals surface area contributed by atoms with E-state index in [4.69, 9.17) is 4.74 Å². The molecular weight excluding hydrogens is 346 g/mol. The molecule has 0 fully saturated rings. The van der Waals surface area contributed by atoms with Gasteiger partial charge < -0.3 is 10.1 Å². The van der Waals surface area contributed by atoms with Gasteiger partial charge in [-0.1, -0.05) is 57.2 Å². The highest BCUT2D eigenvalue weighted by Gasteiger charge is 2.34. The Hall–Kier alpha value is -2.55. The van der Waals surface area contributed by atoms with Crippen LogP contribution in [0.15, 0.2) is 48.5 Å². The summed E-state index contributed by atoms with van der Waals surface area (Å²) in [6.07, 6.45) is 4.22. The van der Waals surface area contributed by atoms with E-state index < -0.39 is 0 Å². The molecule has 28 heavy (non-hydrogen) atoms. The molecule has 0 aliphatic carbocycles. The van der Waals surface area contributed by atoms with Crippen molar-refractivity contribution in [3.8, 4) is 5.75 Å². The van der Waals surface area contributed by atoms with Gasteiger partial charge in [-0.25, -0.2) is 0 Å². The summed E-state index contributed by atoms with van der Waals surface area (Å²) in [6.45, 7) is 12.8. The molecule has 0 saturated heterocycles. The summed E-state index contributed by atoms with van der Waals surface area (Å²) in [4.78, 5) is 12.6. The van der Waals surface area contributed by atoms with E-state index in [1.807, 2.05) is 19.1 Å². The fourth-order valence-electron chi connectivity index (χ4n) is 3.57. The van der Waals surface area contributed by atoms with Crippen LogP contribution in [0.5, 0.6) is 5.75 Å². The lowest BCUT2D eigenvalue weighted by atomic mass is 9.87. The number of hydrogen-bond donors (Lipinski definition) is 1. The van der Waals surface area contributed by atoms with Crippen molar-refractivity contribution in [2.45, 2.75) is 65.0 Å². The molecule has 0 radical (unpaired) electrons. The summed E-state index contributed by atoms with van der Waals surface area (Å²) < 4.78 is 6.11. The topological polar surface area (TPSA) is 38.3 Å². The third-order valence-electron chi connectivity index (χ3n) is 5.15.